The lowest BCUT2D eigenvalue weighted by Crippen LogP contribution is -2.48. The number of aromatic nitrogens is 3. The van der Waals surface area contributed by atoms with E-state index >= 15 is 0 Å². The molecule has 1 atom stereocenters. The van der Waals surface area contributed by atoms with Gasteiger partial charge < -0.3 is 10.4 Å². The maximum absolute atomic E-state index is 14.2. The molecule has 2 amide bonds. The molecule has 0 aliphatic heterocycles. The quantitative estimate of drug-likeness (QED) is 0.365. The van der Waals surface area contributed by atoms with Crippen LogP contribution in [-0.2, 0) is 16.1 Å². The SMILES string of the molecule is Cc1cccc(N(C(=O)Cn2nnc3ccccc32)[C@H](C(=O)NC2CCCCC2)c2ccc(O)cc2)c1C. The Labute approximate surface area is 222 Å². The number of fused-ring (bicyclic) bond motifs is 1. The second-order valence-corrected chi connectivity index (χ2v) is 10.1. The van der Waals surface area contributed by atoms with Crippen molar-refractivity contribution < 1.29 is 14.7 Å². The first-order valence-electron chi connectivity index (χ1n) is 13.2. The van der Waals surface area contributed by atoms with Crippen LogP contribution in [0.2, 0.25) is 0 Å². The highest BCUT2D eigenvalue weighted by Crippen LogP contribution is 2.33. The molecular formula is C30H33N5O3. The minimum Gasteiger partial charge on any atom is -0.508 e. The number of hydrogen-bond donors (Lipinski definition) is 2. The summed E-state index contributed by atoms with van der Waals surface area (Å²) in [5.74, 6) is -0.426. The van der Waals surface area contributed by atoms with E-state index in [9.17, 15) is 14.7 Å². The highest BCUT2D eigenvalue weighted by molar-refractivity contribution is 6.02. The molecule has 3 aromatic carbocycles. The summed E-state index contributed by atoms with van der Waals surface area (Å²) in [7, 11) is 0. The largest absolute Gasteiger partial charge is 0.508 e. The van der Waals surface area contributed by atoms with Gasteiger partial charge in [-0.25, -0.2) is 4.68 Å². The van der Waals surface area contributed by atoms with Gasteiger partial charge in [-0.2, -0.15) is 0 Å². The zero-order valence-electron chi connectivity index (χ0n) is 21.8. The molecule has 1 saturated carbocycles. The van der Waals surface area contributed by atoms with Crippen molar-refractivity contribution in [3.8, 4) is 5.75 Å². The van der Waals surface area contributed by atoms with Crippen LogP contribution in [0, 0.1) is 13.8 Å². The first kappa shape index (κ1) is 25.4. The van der Waals surface area contributed by atoms with Gasteiger partial charge >= 0.3 is 0 Å². The highest BCUT2D eigenvalue weighted by atomic mass is 16.3. The lowest BCUT2D eigenvalue weighted by molar-refractivity contribution is -0.127. The monoisotopic (exact) mass is 511 g/mol. The summed E-state index contributed by atoms with van der Waals surface area (Å²) in [6.45, 7) is 3.87. The van der Waals surface area contributed by atoms with Crippen LogP contribution in [0.25, 0.3) is 11.0 Å². The number of benzene rings is 3. The third-order valence-corrected chi connectivity index (χ3v) is 7.48. The van der Waals surface area contributed by atoms with Crippen LogP contribution in [0.4, 0.5) is 5.69 Å². The van der Waals surface area contributed by atoms with Gasteiger partial charge in [0.25, 0.3) is 0 Å². The average molecular weight is 512 g/mol. The molecule has 2 N–H and O–H groups in total. The van der Waals surface area contributed by atoms with E-state index < -0.39 is 6.04 Å². The Bertz CT molecular complexity index is 1440. The van der Waals surface area contributed by atoms with E-state index in [0.29, 0.717) is 16.8 Å². The summed E-state index contributed by atoms with van der Waals surface area (Å²) in [5.41, 5.74) is 4.66. The zero-order chi connectivity index (χ0) is 26.6. The Morgan fingerprint density at radius 1 is 1.00 bits per heavy atom. The first-order valence-corrected chi connectivity index (χ1v) is 13.2. The Hall–Kier alpha value is -4.20. The summed E-state index contributed by atoms with van der Waals surface area (Å²) in [5, 5.41) is 21.6. The summed E-state index contributed by atoms with van der Waals surface area (Å²) in [6.07, 6.45) is 5.18. The van der Waals surface area contributed by atoms with Crippen LogP contribution in [0.5, 0.6) is 5.75 Å². The number of phenols is 1. The van der Waals surface area contributed by atoms with Gasteiger partial charge in [0.1, 0.15) is 23.9 Å². The molecule has 0 bridgehead atoms. The molecule has 5 rings (SSSR count). The molecular weight excluding hydrogens is 478 g/mol. The second kappa shape index (κ2) is 11.0. The van der Waals surface area contributed by atoms with Gasteiger partial charge in [0.15, 0.2) is 0 Å². The molecule has 8 nitrogen and oxygen atoms in total. The molecule has 0 spiro atoms. The highest BCUT2D eigenvalue weighted by Gasteiger charge is 2.35. The van der Waals surface area contributed by atoms with Crippen molar-refractivity contribution in [2.24, 2.45) is 0 Å². The number of phenolic OH excluding ortho intramolecular Hbond substituents is 1. The Morgan fingerprint density at radius 2 is 1.74 bits per heavy atom. The number of aromatic hydroxyl groups is 1. The van der Waals surface area contributed by atoms with Gasteiger partial charge in [-0.05, 0) is 73.7 Å². The van der Waals surface area contributed by atoms with E-state index in [1.807, 2.05) is 56.3 Å². The lowest BCUT2D eigenvalue weighted by Gasteiger charge is -2.34. The number of nitrogens with one attached hydrogen (secondary N) is 1. The molecule has 1 heterocycles. The van der Waals surface area contributed by atoms with Crippen LogP contribution in [-0.4, -0.2) is 38.0 Å². The van der Waals surface area contributed by atoms with Gasteiger partial charge in [-0.1, -0.05) is 60.9 Å². The Morgan fingerprint density at radius 3 is 2.50 bits per heavy atom. The number of carbonyl (C=O) groups excluding carboxylic acids is 2. The van der Waals surface area contributed by atoms with Crippen LogP contribution >= 0.6 is 0 Å². The van der Waals surface area contributed by atoms with E-state index in [2.05, 4.69) is 15.6 Å². The summed E-state index contributed by atoms with van der Waals surface area (Å²) >= 11 is 0. The number of carbonyl (C=O) groups is 2. The van der Waals surface area contributed by atoms with Gasteiger partial charge in [0.2, 0.25) is 11.8 Å². The van der Waals surface area contributed by atoms with Gasteiger partial charge in [0, 0.05) is 11.7 Å². The number of para-hydroxylation sites is 1. The molecule has 38 heavy (non-hydrogen) atoms. The molecule has 0 saturated heterocycles. The molecule has 1 aliphatic carbocycles. The fourth-order valence-corrected chi connectivity index (χ4v) is 5.25. The predicted octanol–water partition coefficient (Wildman–Crippen LogP) is 4.98. The zero-order valence-corrected chi connectivity index (χ0v) is 21.8. The Balaban J connectivity index is 1.59. The smallest absolute Gasteiger partial charge is 0.249 e. The molecule has 196 valence electrons. The van der Waals surface area contributed by atoms with Crippen molar-refractivity contribution in [3.05, 3.63) is 83.4 Å². The molecule has 4 aromatic rings. The third kappa shape index (κ3) is 5.25. The summed E-state index contributed by atoms with van der Waals surface area (Å²) in [6, 6.07) is 18.9. The normalized spacial score (nSPS) is 14.8. The van der Waals surface area contributed by atoms with E-state index in [0.717, 1.165) is 42.3 Å². The van der Waals surface area contributed by atoms with E-state index in [1.54, 1.807) is 33.8 Å². The molecule has 1 aliphatic rings. The van der Waals surface area contributed by atoms with Crippen LogP contribution in [0.15, 0.2) is 66.7 Å². The van der Waals surface area contributed by atoms with Crippen molar-refractivity contribution in [2.75, 3.05) is 4.90 Å². The Kier molecular flexibility index (Phi) is 7.40. The average Bonchev–Trinajstić information content (AvgIpc) is 3.33. The lowest BCUT2D eigenvalue weighted by atomic mass is 9.94. The first-order chi connectivity index (χ1) is 18.4. The van der Waals surface area contributed by atoms with Crippen molar-refractivity contribution in [3.63, 3.8) is 0 Å². The predicted molar refractivity (Wildman–Crippen MR) is 147 cm³/mol. The summed E-state index contributed by atoms with van der Waals surface area (Å²) < 4.78 is 1.57. The minimum atomic E-state index is -0.930. The fraction of sp³-hybridized carbons (Fsp3) is 0.333. The molecule has 8 heteroatoms. The number of aryl methyl sites for hydroxylation is 1. The molecule has 0 radical (unpaired) electrons. The summed E-state index contributed by atoms with van der Waals surface area (Å²) in [4.78, 5) is 29.8. The van der Waals surface area contributed by atoms with Crippen molar-refractivity contribution >= 4 is 28.5 Å². The van der Waals surface area contributed by atoms with Gasteiger partial charge in [0.05, 0.1) is 5.52 Å². The second-order valence-electron chi connectivity index (χ2n) is 10.1. The number of anilines is 1. The van der Waals surface area contributed by atoms with Crippen LogP contribution < -0.4 is 10.2 Å². The van der Waals surface area contributed by atoms with Crippen molar-refractivity contribution in [2.45, 2.75) is 64.6 Å². The number of rotatable bonds is 7. The van der Waals surface area contributed by atoms with Crippen molar-refractivity contribution in [1.82, 2.24) is 20.3 Å². The standard InChI is InChI=1S/C30H33N5O3/c1-20-9-8-14-26(21(20)2)35(28(37)19-34-27-13-7-6-12-25(27)32-33-34)29(22-15-17-24(36)18-16-22)30(38)31-23-10-4-3-5-11-23/h6-9,12-18,23,29,36H,3-5,10-11,19H2,1-2H3,(H,31,38)/t29-/m0/s1. The van der Waals surface area contributed by atoms with E-state index in [1.165, 1.54) is 6.42 Å². The van der Waals surface area contributed by atoms with Gasteiger partial charge in [-0.3, -0.25) is 14.5 Å². The molecule has 1 fully saturated rings. The number of amides is 2. The topological polar surface area (TPSA) is 100 Å². The van der Waals surface area contributed by atoms with Crippen LogP contribution in [0.3, 0.4) is 0 Å². The third-order valence-electron chi connectivity index (χ3n) is 7.48. The number of hydrogen-bond acceptors (Lipinski definition) is 5. The van der Waals surface area contributed by atoms with Gasteiger partial charge in [-0.15, -0.1) is 5.10 Å². The van der Waals surface area contributed by atoms with E-state index in [-0.39, 0.29) is 30.2 Å². The minimum absolute atomic E-state index is 0.0747. The fourth-order valence-electron chi connectivity index (χ4n) is 5.25. The van der Waals surface area contributed by atoms with Crippen LogP contribution in [0.1, 0.15) is 54.8 Å². The molecule has 1 aromatic heterocycles. The number of nitrogens with zero attached hydrogens (tertiary/aromatic N) is 4. The van der Waals surface area contributed by atoms with E-state index in [4.69, 9.17) is 0 Å². The maximum atomic E-state index is 14.2. The maximum Gasteiger partial charge on any atom is 0.249 e. The van der Waals surface area contributed by atoms with Crippen molar-refractivity contribution in [1.29, 1.82) is 0 Å². The molecule has 0 unspecified atom stereocenters.